The Hall–Kier alpha value is -8.84. The molecule has 0 saturated heterocycles. The fourth-order valence-corrected chi connectivity index (χ4v) is 12.6. The molecule has 1 aromatic heterocycles. The van der Waals surface area contributed by atoms with E-state index >= 15 is 8.42 Å². The molecule has 0 radical (unpaired) electrons. The standard InChI is InChI=1S/C66H45N3O2S/c1-66(2)59-32-18-16-30-54(59)57-40-58-56-39-45(34-35-53(56)51-28-13-12-26-49(51)50-27-14-15-29-52(50)55-31-17-19-33-61(55)72(70,71)62(58)41-60(57)66)64-67-63(44-24-10-5-11-25-44)68-65(69-64)48-37-46(42-20-6-3-7-21-42)36-47(38-48)43-22-8-4-9-23-43/h3-41H,1-2H3. The normalized spacial score (nSPS) is 13.5. The van der Waals surface area contributed by atoms with Gasteiger partial charge in [-0.15, -0.1) is 0 Å². The molecular weight excluding hydrogens is 899 g/mol. The van der Waals surface area contributed by atoms with Crippen LogP contribution in [0.2, 0.25) is 0 Å². The maximum Gasteiger partial charge on any atom is 0.207 e. The van der Waals surface area contributed by atoms with Gasteiger partial charge in [0.1, 0.15) is 0 Å². The van der Waals surface area contributed by atoms with Gasteiger partial charge in [-0.1, -0.05) is 208 Å². The van der Waals surface area contributed by atoms with E-state index in [9.17, 15) is 0 Å². The molecule has 0 atom stereocenters. The van der Waals surface area contributed by atoms with Crippen LogP contribution in [0.1, 0.15) is 25.0 Å². The second-order valence-corrected chi connectivity index (χ2v) is 21.0. The molecule has 6 heteroatoms. The molecular formula is C66H45N3O2S. The van der Waals surface area contributed by atoms with E-state index in [1.54, 1.807) is 6.07 Å². The summed E-state index contributed by atoms with van der Waals surface area (Å²) in [5, 5.41) is 0. The molecule has 2 heterocycles. The van der Waals surface area contributed by atoms with Crippen molar-refractivity contribution in [3.8, 4) is 112 Å². The van der Waals surface area contributed by atoms with Gasteiger partial charge in [0, 0.05) is 33.2 Å². The first-order valence-corrected chi connectivity index (χ1v) is 25.7. The molecule has 0 unspecified atom stereocenters. The average molecular weight is 944 g/mol. The topological polar surface area (TPSA) is 72.8 Å². The van der Waals surface area contributed by atoms with Gasteiger partial charge >= 0.3 is 0 Å². The third kappa shape index (κ3) is 7.13. The van der Waals surface area contributed by atoms with Crippen molar-refractivity contribution in [2.75, 3.05) is 0 Å². The zero-order chi connectivity index (χ0) is 48.6. The highest BCUT2D eigenvalue weighted by molar-refractivity contribution is 7.91. The number of hydrogen-bond acceptors (Lipinski definition) is 5. The molecule has 0 fully saturated rings. The number of benzene rings is 10. The van der Waals surface area contributed by atoms with Gasteiger partial charge in [0.25, 0.3) is 0 Å². The van der Waals surface area contributed by atoms with Crippen LogP contribution in [0.5, 0.6) is 0 Å². The van der Waals surface area contributed by atoms with Gasteiger partial charge in [0.05, 0.1) is 9.79 Å². The third-order valence-electron chi connectivity index (χ3n) is 14.5. The highest BCUT2D eigenvalue weighted by atomic mass is 32.2. The first-order chi connectivity index (χ1) is 35.2. The number of hydrogen-bond donors (Lipinski definition) is 0. The van der Waals surface area contributed by atoms with Crippen molar-refractivity contribution in [2.24, 2.45) is 0 Å². The lowest BCUT2D eigenvalue weighted by molar-refractivity contribution is 0.596. The summed E-state index contributed by atoms with van der Waals surface area (Å²) >= 11 is 0. The molecule has 72 heavy (non-hydrogen) atoms. The van der Waals surface area contributed by atoms with Crippen molar-refractivity contribution in [2.45, 2.75) is 29.1 Å². The lowest BCUT2D eigenvalue weighted by atomic mass is 9.81. The summed E-state index contributed by atoms with van der Waals surface area (Å²) in [5.41, 5.74) is 17.1. The SMILES string of the molecule is CC1(C)c2ccccc2-c2cc3c(cc21)S(=O)(=O)c1ccccc1-c1ccccc1-c1ccccc1-c1ccc(-c2nc(-c4ccccc4)nc(-c4cc(-c5ccccc5)cc(-c5ccccc5)c4)n2)cc1-3. The minimum absolute atomic E-state index is 0.248. The second-order valence-electron chi connectivity index (χ2n) is 19.1. The van der Waals surface area contributed by atoms with Crippen LogP contribution in [0.15, 0.2) is 246 Å². The smallest absolute Gasteiger partial charge is 0.207 e. The largest absolute Gasteiger partial charge is 0.218 e. The van der Waals surface area contributed by atoms with E-state index in [4.69, 9.17) is 15.0 Å². The van der Waals surface area contributed by atoms with Crippen molar-refractivity contribution >= 4 is 9.84 Å². The average Bonchev–Trinajstić information content (AvgIpc) is 3.67. The van der Waals surface area contributed by atoms with Gasteiger partial charge in [-0.25, -0.2) is 23.4 Å². The van der Waals surface area contributed by atoms with Crippen LogP contribution in [-0.2, 0) is 15.3 Å². The minimum atomic E-state index is -4.21. The molecule has 342 valence electrons. The van der Waals surface area contributed by atoms with Crippen LogP contribution in [0.4, 0.5) is 0 Å². The summed E-state index contributed by atoms with van der Waals surface area (Å²) < 4.78 is 32.0. The van der Waals surface area contributed by atoms with Gasteiger partial charge in [-0.2, -0.15) is 0 Å². The molecule has 0 N–H and O–H groups in total. The van der Waals surface area contributed by atoms with Crippen LogP contribution >= 0.6 is 0 Å². The lowest BCUT2D eigenvalue weighted by Gasteiger charge is -2.24. The lowest BCUT2D eigenvalue weighted by Crippen LogP contribution is -2.16. The van der Waals surface area contributed by atoms with Crippen molar-refractivity contribution in [3.05, 3.63) is 248 Å². The fraction of sp³-hybridized carbons (Fsp3) is 0.0455. The molecule has 1 aliphatic carbocycles. The Kier molecular flexibility index (Phi) is 10.2. The fourth-order valence-electron chi connectivity index (χ4n) is 11.0. The number of fused-ring (bicyclic) bond motifs is 12. The van der Waals surface area contributed by atoms with E-state index in [0.29, 0.717) is 28.6 Å². The summed E-state index contributed by atoms with van der Waals surface area (Å²) in [7, 11) is -4.21. The van der Waals surface area contributed by atoms with E-state index < -0.39 is 15.3 Å². The Morgan fingerprint density at radius 1 is 0.278 bits per heavy atom. The van der Waals surface area contributed by atoms with Gasteiger partial charge in [-0.05, 0) is 120 Å². The van der Waals surface area contributed by atoms with E-state index in [2.05, 4.69) is 159 Å². The van der Waals surface area contributed by atoms with Crippen molar-refractivity contribution in [1.29, 1.82) is 0 Å². The molecule has 1 aliphatic heterocycles. The van der Waals surface area contributed by atoms with E-state index in [-0.39, 0.29) is 9.79 Å². The Morgan fingerprint density at radius 3 is 1.29 bits per heavy atom. The molecule has 2 aliphatic rings. The van der Waals surface area contributed by atoms with Crippen LogP contribution in [-0.4, -0.2) is 23.4 Å². The molecule has 0 bridgehead atoms. The van der Waals surface area contributed by atoms with E-state index in [1.165, 1.54) is 0 Å². The highest BCUT2D eigenvalue weighted by Gasteiger charge is 2.39. The predicted octanol–water partition coefficient (Wildman–Crippen LogP) is 16.3. The molecule has 10 aromatic carbocycles. The van der Waals surface area contributed by atoms with E-state index in [0.717, 1.165) is 94.6 Å². The Balaban J connectivity index is 1.12. The summed E-state index contributed by atoms with van der Waals surface area (Å²) in [4.78, 5) is 16.3. The van der Waals surface area contributed by atoms with Gasteiger partial charge in [-0.3, -0.25) is 0 Å². The van der Waals surface area contributed by atoms with Gasteiger partial charge < -0.3 is 0 Å². The van der Waals surface area contributed by atoms with E-state index in [1.807, 2.05) is 84.9 Å². The number of aromatic nitrogens is 3. The van der Waals surface area contributed by atoms with Crippen LogP contribution in [0.3, 0.4) is 0 Å². The van der Waals surface area contributed by atoms with Gasteiger partial charge in [0.2, 0.25) is 9.84 Å². The highest BCUT2D eigenvalue weighted by Crippen LogP contribution is 2.54. The Bertz CT molecular complexity index is 4020. The number of sulfone groups is 1. The third-order valence-corrected chi connectivity index (χ3v) is 16.4. The Morgan fingerprint density at radius 2 is 0.708 bits per heavy atom. The van der Waals surface area contributed by atoms with Gasteiger partial charge in [0.15, 0.2) is 17.5 Å². The van der Waals surface area contributed by atoms with Crippen LogP contribution in [0.25, 0.3) is 112 Å². The number of rotatable bonds is 5. The number of nitrogens with zero attached hydrogens (tertiary/aromatic N) is 3. The van der Waals surface area contributed by atoms with Crippen LogP contribution in [0, 0.1) is 0 Å². The Labute approximate surface area is 419 Å². The zero-order valence-corrected chi connectivity index (χ0v) is 40.4. The maximum atomic E-state index is 16.0. The summed E-state index contributed by atoms with van der Waals surface area (Å²) in [6.07, 6.45) is 0. The summed E-state index contributed by atoms with van der Waals surface area (Å²) in [5.74, 6) is 1.50. The first kappa shape index (κ1) is 43.2. The molecule has 13 rings (SSSR count). The molecule has 0 spiro atoms. The molecule has 0 amide bonds. The molecule has 0 saturated carbocycles. The minimum Gasteiger partial charge on any atom is -0.218 e. The molecule has 5 nitrogen and oxygen atoms in total. The zero-order valence-electron chi connectivity index (χ0n) is 39.6. The first-order valence-electron chi connectivity index (χ1n) is 24.2. The maximum absolute atomic E-state index is 16.0. The van der Waals surface area contributed by atoms with Crippen molar-refractivity contribution < 1.29 is 8.42 Å². The van der Waals surface area contributed by atoms with Crippen molar-refractivity contribution in [3.63, 3.8) is 0 Å². The monoisotopic (exact) mass is 943 g/mol. The predicted molar refractivity (Wildman–Crippen MR) is 292 cm³/mol. The second kappa shape index (κ2) is 16.9. The van der Waals surface area contributed by atoms with Crippen LogP contribution < -0.4 is 0 Å². The summed E-state index contributed by atoms with van der Waals surface area (Å²) in [6, 6.07) is 80.1. The molecule has 11 aromatic rings. The summed E-state index contributed by atoms with van der Waals surface area (Å²) in [6.45, 7) is 4.38. The quantitative estimate of drug-likeness (QED) is 0.172. The van der Waals surface area contributed by atoms with Crippen molar-refractivity contribution in [1.82, 2.24) is 15.0 Å².